The van der Waals surface area contributed by atoms with E-state index in [1.54, 1.807) is 10.9 Å². The van der Waals surface area contributed by atoms with Gasteiger partial charge in [0.25, 0.3) is 0 Å². The van der Waals surface area contributed by atoms with Crippen LogP contribution in [0.25, 0.3) is 5.69 Å². The minimum Gasteiger partial charge on any atom is -0.323 e. The molecule has 0 saturated carbocycles. The summed E-state index contributed by atoms with van der Waals surface area (Å²) in [6.07, 6.45) is 7.27. The lowest BCUT2D eigenvalue weighted by Crippen LogP contribution is -2.27. The number of rotatable bonds is 10. The topological polar surface area (TPSA) is 50.2 Å². The zero-order valence-electron chi connectivity index (χ0n) is 14.7. The van der Waals surface area contributed by atoms with Gasteiger partial charge < -0.3 is 10.2 Å². The Hall–Kier alpha value is -2.14. The van der Waals surface area contributed by atoms with Crippen molar-refractivity contribution >= 4 is 11.6 Å². The molecule has 24 heavy (non-hydrogen) atoms. The van der Waals surface area contributed by atoms with Crippen LogP contribution in [0.1, 0.15) is 39.5 Å². The fourth-order valence-electron chi connectivity index (χ4n) is 2.76. The van der Waals surface area contributed by atoms with Gasteiger partial charge >= 0.3 is 0 Å². The van der Waals surface area contributed by atoms with E-state index in [9.17, 15) is 4.79 Å². The van der Waals surface area contributed by atoms with Gasteiger partial charge in [-0.25, -0.2) is 4.68 Å². The second-order valence-corrected chi connectivity index (χ2v) is 6.00. The highest BCUT2D eigenvalue weighted by molar-refractivity contribution is 5.90. The van der Waals surface area contributed by atoms with Gasteiger partial charge in [0.15, 0.2) is 0 Å². The summed E-state index contributed by atoms with van der Waals surface area (Å²) in [5.41, 5.74) is 1.72. The highest BCUT2D eigenvalue weighted by Crippen LogP contribution is 2.11. The third-order valence-corrected chi connectivity index (χ3v) is 3.84. The minimum atomic E-state index is 0.0514. The van der Waals surface area contributed by atoms with E-state index in [1.165, 1.54) is 0 Å². The number of nitrogens with one attached hydrogen (secondary N) is 1. The maximum atomic E-state index is 12.1. The van der Waals surface area contributed by atoms with Crippen LogP contribution < -0.4 is 5.32 Å². The molecule has 0 fully saturated rings. The summed E-state index contributed by atoms with van der Waals surface area (Å²) in [5, 5.41) is 7.22. The Labute approximate surface area is 144 Å². The van der Waals surface area contributed by atoms with Gasteiger partial charge in [-0.05, 0) is 51.0 Å². The van der Waals surface area contributed by atoms with Gasteiger partial charge in [-0.2, -0.15) is 5.10 Å². The number of amides is 1. The molecule has 1 aromatic carbocycles. The van der Waals surface area contributed by atoms with E-state index in [1.807, 2.05) is 36.5 Å². The van der Waals surface area contributed by atoms with E-state index >= 15 is 0 Å². The number of hydrogen-bond donors (Lipinski definition) is 1. The molecule has 0 atom stereocenters. The summed E-state index contributed by atoms with van der Waals surface area (Å²) < 4.78 is 1.76. The van der Waals surface area contributed by atoms with Gasteiger partial charge in [-0.3, -0.25) is 4.79 Å². The molecule has 5 nitrogen and oxygen atoms in total. The Balaban J connectivity index is 1.77. The van der Waals surface area contributed by atoms with Crippen LogP contribution in [0.3, 0.4) is 0 Å². The quantitative estimate of drug-likeness (QED) is 0.723. The van der Waals surface area contributed by atoms with Crippen LogP contribution >= 0.6 is 0 Å². The number of anilines is 1. The Morgan fingerprint density at radius 2 is 1.83 bits per heavy atom. The molecule has 5 heteroatoms. The Morgan fingerprint density at radius 3 is 2.50 bits per heavy atom. The molecule has 1 amide bonds. The van der Waals surface area contributed by atoms with E-state index in [4.69, 9.17) is 0 Å². The van der Waals surface area contributed by atoms with Crippen molar-refractivity contribution in [2.75, 3.05) is 25.0 Å². The fraction of sp³-hybridized carbons (Fsp3) is 0.474. The van der Waals surface area contributed by atoms with Crippen LogP contribution in [0.15, 0.2) is 42.7 Å². The lowest BCUT2D eigenvalue weighted by molar-refractivity contribution is -0.116. The average Bonchev–Trinajstić information content (AvgIpc) is 3.04. The molecular formula is C19H28N4O. The number of aromatic nitrogens is 2. The average molecular weight is 328 g/mol. The largest absolute Gasteiger partial charge is 0.323 e. The first kappa shape index (κ1) is 18.2. The van der Waals surface area contributed by atoms with Crippen molar-refractivity contribution in [1.82, 2.24) is 14.7 Å². The Kier molecular flexibility index (Phi) is 7.49. The Morgan fingerprint density at radius 1 is 1.12 bits per heavy atom. The van der Waals surface area contributed by atoms with Crippen molar-refractivity contribution < 1.29 is 4.79 Å². The van der Waals surface area contributed by atoms with E-state index in [0.717, 1.165) is 50.3 Å². The van der Waals surface area contributed by atoms with E-state index in [-0.39, 0.29) is 5.91 Å². The first-order chi connectivity index (χ1) is 11.7. The van der Waals surface area contributed by atoms with Crippen LogP contribution in [-0.4, -0.2) is 40.2 Å². The summed E-state index contributed by atoms with van der Waals surface area (Å²) >= 11 is 0. The van der Waals surface area contributed by atoms with Gasteiger partial charge in [0.2, 0.25) is 5.91 Å². The van der Waals surface area contributed by atoms with Crippen LogP contribution in [0.5, 0.6) is 0 Å². The number of hydrogen-bond acceptors (Lipinski definition) is 3. The van der Waals surface area contributed by atoms with E-state index < -0.39 is 0 Å². The third kappa shape index (κ3) is 5.81. The van der Waals surface area contributed by atoms with Gasteiger partial charge in [-0.1, -0.05) is 32.0 Å². The molecule has 1 heterocycles. The molecule has 130 valence electrons. The molecule has 2 rings (SSSR count). The van der Waals surface area contributed by atoms with Gasteiger partial charge in [-0.15, -0.1) is 0 Å². The lowest BCUT2D eigenvalue weighted by Gasteiger charge is -2.20. The second-order valence-electron chi connectivity index (χ2n) is 6.00. The van der Waals surface area contributed by atoms with Gasteiger partial charge in [0, 0.05) is 6.42 Å². The smallest absolute Gasteiger partial charge is 0.224 e. The standard InChI is InChI=1S/C19H28N4O/c1-3-12-22(13-4-2)14-8-11-19(24)21-17-15-20-23(16-17)18-9-6-5-7-10-18/h5-7,9-10,15-16H,3-4,8,11-14H2,1-2H3,(H,21,24). The first-order valence-corrected chi connectivity index (χ1v) is 8.85. The SMILES string of the molecule is CCCN(CCC)CCCC(=O)Nc1cnn(-c2ccccc2)c1. The molecule has 0 aliphatic carbocycles. The summed E-state index contributed by atoms with van der Waals surface area (Å²) in [4.78, 5) is 14.5. The second kappa shape index (κ2) is 9.88. The summed E-state index contributed by atoms with van der Waals surface area (Å²) in [7, 11) is 0. The van der Waals surface area contributed by atoms with Crippen molar-refractivity contribution in [2.45, 2.75) is 39.5 Å². The van der Waals surface area contributed by atoms with E-state index in [0.29, 0.717) is 6.42 Å². The van der Waals surface area contributed by atoms with Gasteiger partial charge in [0.05, 0.1) is 23.8 Å². The normalized spacial score (nSPS) is 11.0. The zero-order valence-corrected chi connectivity index (χ0v) is 14.7. The Bertz CT molecular complexity index is 603. The van der Waals surface area contributed by atoms with Crippen molar-refractivity contribution in [1.29, 1.82) is 0 Å². The predicted molar refractivity (Wildman–Crippen MR) is 98.4 cm³/mol. The minimum absolute atomic E-state index is 0.0514. The third-order valence-electron chi connectivity index (χ3n) is 3.84. The molecule has 0 unspecified atom stereocenters. The molecule has 0 aliphatic heterocycles. The number of benzene rings is 1. The highest BCUT2D eigenvalue weighted by Gasteiger charge is 2.07. The predicted octanol–water partition coefficient (Wildman–Crippen LogP) is 3.71. The maximum absolute atomic E-state index is 12.1. The fourth-order valence-corrected chi connectivity index (χ4v) is 2.76. The van der Waals surface area contributed by atoms with Crippen LogP contribution in [0.2, 0.25) is 0 Å². The molecule has 0 bridgehead atoms. The first-order valence-electron chi connectivity index (χ1n) is 8.85. The molecular weight excluding hydrogens is 300 g/mol. The molecule has 0 saturated heterocycles. The molecule has 2 aromatic rings. The number of carbonyl (C=O) groups is 1. The maximum Gasteiger partial charge on any atom is 0.224 e. The lowest BCUT2D eigenvalue weighted by atomic mass is 10.2. The van der Waals surface area contributed by atoms with E-state index in [2.05, 4.69) is 29.2 Å². The van der Waals surface area contributed by atoms with Crippen molar-refractivity contribution in [3.05, 3.63) is 42.7 Å². The van der Waals surface area contributed by atoms with Crippen LogP contribution in [0, 0.1) is 0 Å². The monoisotopic (exact) mass is 328 g/mol. The van der Waals surface area contributed by atoms with Crippen molar-refractivity contribution in [2.24, 2.45) is 0 Å². The number of carbonyl (C=O) groups excluding carboxylic acids is 1. The van der Waals surface area contributed by atoms with Crippen LogP contribution in [0.4, 0.5) is 5.69 Å². The van der Waals surface area contributed by atoms with Gasteiger partial charge in [0.1, 0.15) is 0 Å². The molecule has 1 aromatic heterocycles. The summed E-state index contributed by atoms with van der Waals surface area (Å²) in [5.74, 6) is 0.0514. The molecule has 0 aliphatic rings. The number of para-hydroxylation sites is 1. The zero-order chi connectivity index (χ0) is 17.2. The summed E-state index contributed by atoms with van der Waals surface area (Å²) in [6, 6.07) is 9.86. The summed E-state index contributed by atoms with van der Waals surface area (Å²) in [6.45, 7) is 7.59. The number of nitrogens with zero attached hydrogens (tertiary/aromatic N) is 3. The molecule has 1 N–H and O–H groups in total. The molecule has 0 radical (unpaired) electrons. The molecule has 0 spiro atoms. The highest BCUT2D eigenvalue weighted by atomic mass is 16.1. The van der Waals surface area contributed by atoms with Crippen LogP contribution in [-0.2, 0) is 4.79 Å². The van der Waals surface area contributed by atoms with Crippen molar-refractivity contribution in [3.8, 4) is 5.69 Å². The van der Waals surface area contributed by atoms with Crippen molar-refractivity contribution in [3.63, 3.8) is 0 Å².